The second-order valence-corrected chi connectivity index (χ2v) is 15.5. The molecule has 0 saturated heterocycles. The van der Waals surface area contributed by atoms with Crippen LogP contribution in [0.15, 0.2) is 157 Å². The van der Waals surface area contributed by atoms with E-state index in [0.29, 0.717) is 0 Å². The molecule has 6 heteroatoms. The van der Waals surface area contributed by atoms with Gasteiger partial charge in [0.15, 0.2) is 0 Å². The first-order chi connectivity index (χ1) is 25.3. The van der Waals surface area contributed by atoms with Crippen molar-refractivity contribution in [2.24, 2.45) is 4.99 Å². The van der Waals surface area contributed by atoms with Gasteiger partial charge in [-0.1, -0.05) is 133 Å². The van der Waals surface area contributed by atoms with Gasteiger partial charge >= 0.3 is 0 Å². The van der Waals surface area contributed by atoms with E-state index in [1.807, 2.05) is 22.7 Å². The van der Waals surface area contributed by atoms with Crippen LogP contribution in [0, 0.1) is 0 Å². The predicted octanol–water partition coefficient (Wildman–Crippen LogP) is 11.3. The molecular formula is C45H31N3OS2. The van der Waals surface area contributed by atoms with E-state index >= 15 is 0 Å². The molecule has 0 amide bonds. The molecule has 4 atom stereocenters. The minimum absolute atomic E-state index is 0.0358. The molecule has 0 radical (unpaired) electrons. The molecule has 244 valence electrons. The highest BCUT2D eigenvalue weighted by molar-refractivity contribution is 7.26. The lowest BCUT2D eigenvalue weighted by molar-refractivity contribution is 0.278. The van der Waals surface area contributed by atoms with Crippen LogP contribution in [0.5, 0.6) is 5.75 Å². The summed E-state index contributed by atoms with van der Waals surface area (Å²) in [6.07, 6.45) is 6.32. The number of hydrogen-bond acceptors (Lipinski definition) is 6. The first-order valence-corrected chi connectivity index (χ1v) is 19.1. The average Bonchev–Trinajstić information content (AvgIpc) is 3.89. The number of fused-ring (bicyclic) bond motifs is 9. The zero-order valence-corrected chi connectivity index (χ0v) is 29.0. The van der Waals surface area contributed by atoms with Crippen LogP contribution in [0.1, 0.15) is 46.1 Å². The molecule has 0 saturated carbocycles. The molecule has 2 N–H and O–H groups in total. The molecule has 51 heavy (non-hydrogen) atoms. The van der Waals surface area contributed by atoms with Crippen molar-refractivity contribution in [1.29, 1.82) is 0 Å². The van der Waals surface area contributed by atoms with Gasteiger partial charge in [-0.25, -0.2) is 4.99 Å². The standard InChI is InChI=1S/C45H31N3OS2/c1-2-12-26(13-3-1)43-46-44(35-22-10-18-31-28-15-5-7-25-38(28)50-41(31)35)48-45(47-43)36-23-11-21-34-33-20-9-19-32(40(33)51-42(34)36)30-17-8-16-29-27-14-4-6-24-37(27)49-39(29)30/h1-25,29,39,43,45,47H,(H,46,48). The fourth-order valence-corrected chi connectivity index (χ4v) is 10.8. The molecule has 11 rings (SSSR count). The first-order valence-electron chi connectivity index (χ1n) is 17.4. The summed E-state index contributed by atoms with van der Waals surface area (Å²) in [5, 5.41) is 12.9. The van der Waals surface area contributed by atoms with Crippen molar-refractivity contribution in [2.75, 3.05) is 0 Å². The van der Waals surface area contributed by atoms with Gasteiger partial charge in [0.05, 0.1) is 0 Å². The minimum Gasteiger partial charge on any atom is -0.484 e. The zero-order chi connectivity index (χ0) is 33.5. The van der Waals surface area contributed by atoms with E-state index in [0.717, 1.165) is 22.7 Å². The van der Waals surface area contributed by atoms with Crippen LogP contribution < -0.4 is 15.4 Å². The van der Waals surface area contributed by atoms with Crippen LogP contribution in [-0.4, -0.2) is 11.9 Å². The number of thiophene rings is 2. The highest BCUT2D eigenvalue weighted by atomic mass is 32.1. The summed E-state index contributed by atoms with van der Waals surface area (Å²) in [6.45, 7) is 0. The van der Waals surface area contributed by atoms with Gasteiger partial charge in [-0.3, -0.25) is 5.32 Å². The van der Waals surface area contributed by atoms with Gasteiger partial charge in [-0.15, -0.1) is 22.7 Å². The lowest BCUT2D eigenvalue weighted by Crippen LogP contribution is -2.45. The molecule has 4 nitrogen and oxygen atoms in total. The third-order valence-corrected chi connectivity index (χ3v) is 13.1. The number of aliphatic imine (C=N–C) groups is 1. The molecule has 2 aromatic heterocycles. The van der Waals surface area contributed by atoms with E-state index in [1.54, 1.807) is 0 Å². The van der Waals surface area contributed by atoms with Crippen LogP contribution in [0.2, 0.25) is 0 Å². The maximum absolute atomic E-state index is 6.63. The summed E-state index contributed by atoms with van der Waals surface area (Å²) in [7, 11) is 0. The number of nitrogens with one attached hydrogen (secondary N) is 2. The van der Waals surface area contributed by atoms with E-state index in [4.69, 9.17) is 9.73 Å². The van der Waals surface area contributed by atoms with Gasteiger partial charge in [0.2, 0.25) is 0 Å². The highest BCUT2D eigenvalue weighted by Crippen LogP contribution is 2.49. The fourth-order valence-electron chi connectivity index (χ4n) is 8.21. The number of ether oxygens (including phenoxy) is 1. The number of para-hydroxylation sites is 1. The summed E-state index contributed by atoms with van der Waals surface area (Å²) in [6, 6.07) is 47.8. The second kappa shape index (κ2) is 11.5. The van der Waals surface area contributed by atoms with Crippen molar-refractivity contribution in [3.05, 3.63) is 180 Å². The number of nitrogens with zero attached hydrogens (tertiary/aromatic N) is 1. The van der Waals surface area contributed by atoms with Crippen molar-refractivity contribution < 1.29 is 4.74 Å². The van der Waals surface area contributed by atoms with Gasteiger partial charge < -0.3 is 10.1 Å². The quantitative estimate of drug-likeness (QED) is 0.193. The Balaban J connectivity index is 1.04. The number of hydrogen-bond donors (Lipinski definition) is 2. The number of benzene rings is 6. The molecule has 0 bridgehead atoms. The van der Waals surface area contributed by atoms with Crippen molar-refractivity contribution in [2.45, 2.75) is 24.4 Å². The van der Waals surface area contributed by atoms with E-state index in [1.165, 1.54) is 62.6 Å². The molecule has 2 aliphatic heterocycles. The van der Waals surface area contributed by atoms with Crippen LogP contribution in [0.3, 0.4) is 0 Å². The Bertz CT molecular complexity index is 2770. The Hall–Kier alpha value is -5.53. The summed E-state index contributed by atoms with van der Waals surface area (Å²) in [4.78, 5) is 5.34. The van der Waals surface area contributed by atoms with Crippen molar-refractivity contribution in [3.8, 4) is 5.75 Å². The van der Waals surface area contributed by atoms with E-state index in [2.05, 4.69) is 162 Å². The van der Waals surface area contributed by atoms with Crippen LogP contribution >= 0.6 is 22.7 Å². The lowest BCUT2D eigenvalue weighted by atomic mass is 9.84. The second-order valence-electron chi connectivity index (χ2n) is 13.4. The Morgan fingerprint density at radius 3 is 2.18 bits per heavy atom. The van der Waals surface area contributed by atoms with Crippen molar-refractivity contribution in [3.63, 3.8) is 0 Å². The first kappa shape index (κ1) is 29.2. The van der Waals surface area contributed by atoms with Gasteiger partial charge in [0, 0.05) is 68.5 Å². The van der Waals surface area contributed by atoms with Gasteiger partial charge in [0.25, 0.3) is 0 Å². The molecular weight excluding hydrogens is 663 g/mol. The lowest BCUT2D eigenvalue weighted by Gasteiger charge is -2.32. The SMILES string of the molecule is C1=CC2c3ccccc3OC2C(c2cccc3c2sc2c(C4NC(c5cccc6c5sc5ccccc56)=NC(c5ccccc5)N4)cccc23)=C1. The molecule has 3 aliphatic rings. The topological polar surface area (TPSA) is 45.6 Å². The summed E-state index contributed by atoms with van der Waals surface area (Å²) >= 11 is 3.72. The van der Waals surface area contributed by atoms with Gasteiger partial charge in [0.1, 0.15) is 30.0 Å². The summed E-state index contributed by atoms with van der Waals surface area (Å²) in [5.74, 6) is 2.11. The molecule has 1 aliphatic carbocycles. The molecule has 4 unspecified atom stereocenters. The minimum atomic E-state index is -0.213. The van der Waals surface area contributed by atoms with Crippen molar-refractivity contribution >= 4 is 74.4 Å². The molecule has 4 heterocycles. The maximum Gasteiger partial charge on any atom is 0.135 e. The van der Waals surface area contributed by atoms with Gasteiger partial charge in [-0.05, 0) is 29.3 Å². The monoisotopic (exact) mass is 693 g/mol. The number of allylic oxidation sites excluding steroid dienone is 2. The smallest absolute Gasteiger partial charge is 0.135 e. The average molecular weight is 694 g/mol. The van der Waals surface area contributed by atoms with E-state index in [9.17, 15) is 0 Å². The van der Waals surface area contributed by atoms with Crippen molar-refractivity contribution in [1.82, 2.24) is 10.6 Å². The van der Waals surface area contributed by atoms with Crippen LogP contribution in [0.25, 0.3) is 45.9 Å². The zero-order valence-electron chi connectivity index (χ0n) is 27.4. The largest absolute Gasteiger partial charge is 0.484 e. The van der Waals surface area contributed by atoms with Crippen LogP contribution in [-0.2, 0) is 0 Å². The van der Waals surface area contributed by atoms with E-state index < -0.39 is 0 Å². The molecule has 0 spiro atoms. The Morgan fingerprint density at radius 1 is 0.588 bits per heavy atom. The molecule has 6 aromatic carbocycles. The summed E-state index contributed by atoms with van der Waals surface area (Å²) < 4.78 is 11.7. The third kappa shape index (κ3) is 4.57. The predicted molar refractivity (Wildman–Crippen MR) is 214 cm³/mol. The highest BCUT2D eigenvalue weighted by Gasteiger charge is 2.37. The number of amidine groups is 1. The third-order valence-electron chi connectivity index (χ3n) is 10.6. The molecule has 8 aromatic rings. The fraction of sp³-hybridized carbons (Fsp3) is 0.0889. The normalized spacial score (nSPS) is 20.9. The Labute approximate surface area is 303 Å². The molecule has 0 fully saturated rings. The number of rotatable bonds is 4. The maximum atomic E-state index is 6.63. The van der Waals surface area contributed by atoms with E-state index in [-0.39, 0.29) is 24.4 Å². The van der Waals surface area contributed by atoms with Crippen LogP contribution in [0.4, 0.5) is 0 Å². The Morgan fingerprint density at radius 2 is 1.27 bits per heavy atom. The summed E-state index contributed by atoms with van der Waals surface area (Å²) in [5.41, 5.74) is 7.24. The Kier molecular flexibility index (Phi) is 6.59. The van der Waals surface area contributed by atoms with Gasteiger partial charge in [-0.2, -0.15) is 0 Å².